The lowest BCUT2D eigenvalue weighted by molar-refractivity contribution is -0.149. The van der Waals surface area contributed by atoms with Crippen LogP contribution in [-0.2, 0) is 19.1 Å². The van der Waals surface area contributed by atoms with Crippen molar-refractivity contribution >= 4 is 24.2 Å². The second-order valence-electron chi connectivity index (χ2n) is 7.00. The highest BCUT2D eigenvalue weighted by atomic mass is 16.5. The van der Waals surface area contributed by atoms with Gasteiger partial charge in [-0.2, -0.15) is 0 Å². The second-order valence-corrected chi connectivity index (χ2v) is 7.00. The number of rotatable bonds is 10. The minimum absolute atomic E-state index is 0.00800. The van der Waals surface area contributed by atoms with Crippen molar-refractivity contribution in [2.75, 3.05) is 20.2 Å². The molecule has 1 heterocycles. The third-order valence-electron chi connectivity index (χ3n) is 5.11. The summed E-state index contributed by atoms with van der Waals surface area (Å²) in [6, 6.07) is 6.74. The van der Waals surface area contributed by atoms with Gasteiger partial charge in [-0.3, -0.25) is 19.3 Å². The first-order valence-electron chi connectivity index (χ1n) is 9.68. The van der Waals surface area contributed by atoms with Gasteiger partial charge in [0.1, 0.15) is 6.04 Å². The maximum Gasteiger partial charge on any atom is 0.328 e. The minimum atomic E-state index is -0.463. The Balaban J connectivity index is 1.72. The SMILES string of the molecule is COC(=O)C1CCC(=O)N1CCCCCCN(C=O)C(=O)c1ccccc1C. The molecule has 1 atom stereocenters. The number of hydrogen-bond donors (Lipinski definition) is 0. The summed E-state index contributed by atoms with van der Waals surface area (Å²) in [5, 5.41) is 0. The zero-order valence-electron chi connectivity index (χ0n) is 16.6. The lowest BCUT2D eigenvalue weighted by atomic mass is 10.1. The van der Waals surface area contributed by atoms with Crippen LogP contribution in [0.3, 0.4) is 0 Å². The number of carbonyl (C=O) groups excluding carboxylic acids is 4. The van der Waals surface area contributed by atoms with Crippen LogP contribution in [0.5, 0.6) is 0 Å². The molecule has 0 aliphatic carbocycles. The van der Waals surface area contributed by atoms with Gasteiger partial charge in [0.05, 0.1) is 7.11 Å². The molecule has 0 spiro atoms. The molecule has 0 saturated carbocycles. The first-order chi connectivity index (χ1) is 13.5. The van der Waals surface area contributed by atoms with Crippen molar-refractivity contribution < 1.29 is 23.9 Å². The molecule has 2 rings (SSSR count). The minimum Gasteiger partial charge on any atom is -0.467 e. The predicted octanol–water partition coefficient (Wildman–Crippen LogP) is 2.32. The predicted molar refractivity (Wildman–Crippen MR) is 103 cm³/mol. The zero-order chi connectivity index (χ0) is 20.5. The van der Waals surface area contributed by atoms with Gasteiger partial charge in [0.15, 0.2) is 0 Å². The Bertz CT molecular complexity index is 719. The van der Waals surface area contributed by atoms with Gasteiger partial charge >= 0.3 is 5.97 Å². The van der Waals surface area contributed by atoms with E-state index >= 15 is 0 Å². The Kier molecular flexibility index (Phi) is 8.17. The summed E-state index contributed by atoms with van der Waals surface area (Å²) in [5.74, 6) is -0.648. The van der Waals surface area contributed by atoms with Crippen molar-refractivity contribution in [1.29, 1.82) is 0 Å². The monoisotopic (exact) mass is 388 g/mol. The average Bonchev–Trinajstić information content (AvgIpc) is 3.07. The molecule has 1 aromatic rings. The first-order valence-corrected chi connectivity index (χ1v) is 9.68. The van der Waals surface area contributed by atoms with Crippen molar-refractivity contribution in [3.8, 4) is 0 Å². The molecule has 152 valence electrons. The van der Waals surface area contributed by atoms with Gasteiger partial charge in [0, 0.05) is 25.1 Å². The highest BCUT2D eigenvalue weighted by Gasteiger charge is 2.36. The summed E-state index contributed by atoms with van der Waals surface area (Å²) >= 11 is 0. The molecule has 0 aromatic heterocycles. The topological polar surface area (TPSA) is 84.0 Å². The summed E-state index contributed by atoms with van der Waals surface area (Å²) in [5.41, 5.74) is 1.38. The Morgan fingerprint density at radius 2 is 1.93 bits per heavy atom. The molecule has 1 unspecified atom stereocenters. The Labute approximate surface area is 165 Å². The van der Waals surface area contributed by atoms with E-state index in [9.17, 15) is 19.2 Å². The number of nitrogens with zero attached hydrogens (tertiary/aromatic N) is 2. The highest BCUT2D eigenvalue weighted by Crippen LogP contribution is 2.20. The van der Waals surface area contributed by atoms with E-state index in [-0.39, 0.29) is 17.8 Å². The third-order valence-corrected chi connectivity index (χ3v) is 5.11. The van der Waals surface area contributed by atoms with E-state index in [0.717, 1.165) is 24.8 Å². The number of hydrogen-bond acceptors (Lipinski definition) is 5. The van der Waals surface area contributed by atoms with E-state index in [2.05, 4.69) is 0 Å². The van der Waals surface area contributed by atoms with Crippen molar-refractivity contribution in [2.24, 2.45) is 0 Å². The van der Waals surface area contributed by atoms with Crippen LogP contribution in [-0.4, -0.2) is 60.2 Å². The van der Waals surface area contributed by atoms with Gasteiger partial charge < -0.3 is 9.64 Å². The number of aryl methyl sites for hydroxylation is 1. The number of ether oxygens (including phenoxy) is 1. The fourth-order valence-corrected chi connectivity index (χ4v) is 3.48. The quantitative estimate of drug-likeness (QED) is 0.349. The van der Waals surface area contributed by atoms with Gasteiger partial charge in [0.2, 0.25) is 12.3 Å². The number of unbranched alkanes of at least 4 members (excludes halogenated alkanes) is 3. The summed E-state index contributed by atoms with van der Waals surface area (Å²) in [6.45, 7) is 2.74. The molecule has 1 aliphatic rings. The number of esters is 1. The Hall–Kier alpha value is -2.70. The summed E-state index contributed by atoms with van der Waals surface area (Å²) < 4.78 is 4.76. The van der Waals surface area contributed by atoms with Gasteiger partial charge in [-0.05, 0) is 37.8 Å². The molecule has 7 heteroatoms. The molecule has 1 saturated heterocycles. The Morgan fingerprint density at radius 3 is 2.61 bits per heavy atom. The van der Waals surface area contributed by atoms with E-state index in [1.165, 1.54) is 12.0 Å². The van der Waals surface area contributed by atoms with E-state index in [1.807, 2.05) is 19.1 Å². The third kappa shape index (κ3) is 5.41. The standard InChI is InChI=1S/C21H28N2O5/c1-16-9-5-6-10-17(16)20(26)22(15-24)13-7-3-4-8-14-23-18(21(27)28-2)11-12-19(23)25/h5-6,9-10,15,18H,3-4,7-8,11-14H2,1-2H3. The highest BCUT2D eigenvalue weighted by molar-refractivity contribution is 6.00. The molecular formula is C21H28N2O5. The maximum atomic E-state index is 12.5. The van der Waals surface area contributed by atoms with Gasteiger partial charge in [-0.1, -0.05) is 31.0 Å². The molecule has 28 heavy (non-hydrogen) atoms. The van der Waals surface area contributed by atoms with Crippen molar-refractivity contribution in [3.05, 3.63) is 35.4 Å². The molecule has 3 amide bonds. The van der Waals surface area contributed by atoms with Crippen LogP contribution in [0.15, 0.2) is 24.3 Å². The first kappa shape index (κ1) is 21.6. The van der Waals surface area contributed by atoms with Gasteiger partial charge in [0.25, 0.3) is 5.91 Å². The normalized spacial score (nSPS) is 16.1. The number of benzene rings is 1. The fourth-order valence-electron chi connectivity index (χ4n) is 3.48. The molecular weight excluding hydrogens is 360 g/mol. The fraction of sp³-hybridized carbons (Fsp3) is 0.524. The van der Waals surface area contributed by atoms with Crippen LogP contribution in [0.1, 0.15) is 54.4 Å². The molecule has 0 N–H and O–H groups in total. The van der Waals surface area contributed by atoms with Gasteiger partial charge in [-0.15, -0.1) is 0 Å². The number of amides is 3. The zero-order valence-corrected chi connectivity index (χ0v) is 16.6. The van der Waals surface area contributed by atoms with Gasteiger partial charge in [-0.25, -0.2) is 4.79 Å². The smallest absolute Gasteiger partial charge is 0.328 e. The average molecular weight is 388 g/mol. The summed E-state index contributed by atoms with van der Waals surface area (Å²) in [7, 11) is 1.33. The molecule has 1 aromatic carbocycles. The number of methoxy groups -OCH3 is 1. The van der Waals surface area contributed by atoms with Crippen molar-refractivity contribution in [1.82, 2.24) is 9.80 Å². The molecule has 7 nitrogen and oxygen atoms in total. The lowest BCUT2D eigenvalue weighted by Crippen LogP contribution is -2.39. The van der Waals surface area contributed by atoms with E-state index in [0.29, 0.717) is 44.3 Å². The van der Waals surface area contributed by atoms with Crippen LogP contribution in [0.4, 0.5) is 0 Å². The lowest BCUT2D eigenvalue weighted by Gasteiger charge is -2.22. The number of imide groups is 1. The number of likely N-dealkylation sites (tertiary alicyclic amines) is 1. The van der Waals surface area contributed by atoms with E-state index < -0.39 is 6.04 Å². The van der Waals surface area contributed by atoms with Crippen LogP contribution in [0, 0.1) is 6.92 Å². The second kappa shape index (κ2) is 10.6. The van der Waals surface area contributed by atoms with E-state index in [4.69, 9.17) is 4.74 Å². The Morgan fingerprint density at radius 1 is 1.21 bits per heavy atom. The van der Waals surface area contributed by atoms with Crippen molar-refractivity contribution in [2.45, 2.75) is 51.5 Å². The molecule has 1 aliphatic heterocycles. The molecule has 1 fully saturated rings. The largest absolute Gasteiger partial charge is 0.467 e. The summed E-state index contributed by atoms with van der Waals surface area (Å²) in [4.78, 5) is 50.2. The summed E-state index contributed by atoms with van der Waals surface area (Å²) in [6.07, 6.45) is 4.63. The maximum absolute atomic E-state index is 12.5. The van der Waals surface area contributed by atoms with Crippen LogP contribution < -0.4 is 0 Å². The van der Waals surface area contributed by atoms with Crippen LogP contribution in [0.2, 0.25) is 0 Å². The number of carbonyl (C=O) groups is 4. The van der Waals surface area contributed by atoms with Crippen LogP contribution >= 0.6 is 0 Å². The molecule has 0 bridgehead atoms. The van der Waals surface area contributed by atoms with E-state index in [1.54, 1.807) is 17.0 Å². The van der Waals surface area contributed by atoms with Crippen LogP contribution in [0.25, 0.3) is 0 Å². The molecule has 0 radical (unpaired) electrons. The van der Waals surface area contributed by atoms with Crippen molar-refractivity contribution in [3.63, 3.8) is 0 Å².